The molecule has 1 heterocycles. The van der Waals surface area contributed by atoms with Crippen LogP contribution in [0.2, 0.25) is 5.02 Å². The van der Waals surface area contributed by atoms with Crippen molar-refractivity contribution < 1.29 is 4.74 Å². The van der Waals surface area contributed by atoms with E-state index < -0.39 is 0 Å². The number of benzene rings is 1. The quantitative estimate of drug-likeness (QED) is 0.777. The SMILES string of the molecule is CCC1CCN(c2cc(Cl)ccc2CNCCOC)CC1. The minimum absolute atomic E-state index is 0.741. The Kier molecular flexibility index (Phi) is 6.81. The predicted octanol–water partition coefficient (Wildman–Crippen LogP) is 3.70. The fourth-order valence-electron chi connectivity index (χ4n) is 2.96. The van der Waals surface area contributed by atoms with E-state index in [-0.39, 0.29) is 0 Å². The summed E-state index contributed by atoms with van der Waals surface area (Å²) in [6, 6.07) is 6.24. The molecule has 0 radical (unpaired) electrons. The standard InChI is InChI=1S/C17H27ClN2O/c1-3-14-6-9-20(10-7-14)17-12-16(18)5-4-15(17)13-19-8-11-21-2/h4-5,12,14,19H,3,6-11,13H2,1-2H3. The van der Waals surface area contributed by atoms with Crippen molar-refractivity contribution in [2.75, 3.05) is 38.3 Å². The number of halogens is 1. The Hall–Kier alpha value is -0.770. The second-order valence-electron chi connectivity index (χ2n) is 5.78. The van der Waals surface area contributed by atoms with Crippen LogP contribution in [0.3, 0.4) is 0 Å². The van der Waals surface area contributed by atoms with Crippen LogP contribution in [0, 0.1) is 5.92 Å². The van der Waals surface area contributed by atoms with Crippen LogP contribution in [0.15, 0.2) is 18.2 Å². The Balaban J connectivity index is 2.01. The molecule has 0 bridgehead atoms. The summed E-state index contributed by atoms with van der Waals surface area (Å²) in [6.45, 7) is 7.06. The van der Waals surface area contributed by atoms with Crippen LogP contribution in [0.5, 0.6) is 0 Å². The van der Waals surface area contributed by atoms with Crippen LogP contribution in [0.4, 0.5) is 5.69 Å². The molecule has 1 aromatic carbocycles. The van der Waals surface area contributed by atoms with Crippen molar-refractivity contribution >= 4 is 17.3 Å². The van der Waals surface area contributed by atoms with Crippen molar-refractivity contribution in [2.24, 2.45) is 5.92 Å². The van der Waals surface area contributed by atoms with Gasteiger partial charge in [-0.15, -0.1) is 0 Å². The lowest BCUT2D eigenvalue weighted by Gasteiger charge is -2.34. The maximum Gasteiger partial charge on any atom is 0.0587 e. The van der Waals surface area contributed by atoms with E-state index in [0.717, 1.165) is 43.7 Å². The van der Waals surface area contributed by atoms with Gasteiger partial charge in [-0.3, -0.25) is 0 Å². The van der Waals surface area contributed by atoms with Crippen LogP contribution in [0.25, 0.3) is 0 Å². The molecule has 1 aliphatic rings. The molecule has 2 rings (SSSR count). The molecule has 0 aliphatic carbocycles. The third-order valence-corrected chi connectivity index (χ3v) is 4.61. The number of methoxy groups -OCH3 is 1. The average Bonchev–Trinajstić information content (AvgIpc) is 2.53. The van der Waals surface area contributed by atoms with Gasteiger partial charge in [0.15, 0.2) is 0 Å². The highest BCUT2D eigenvalue weighted by atomic mass is 35.5. The fourth-order valence-corrected chi connectivity index (χ4v) is 3.13. The van der Waals surface area contributed by atoms with Crippen molar-refractivity contribution in [3.63, 3.8) is 0 Å². The average molecular weight is 311 g/mol. The first kappa shape index (κ1) is 16.6. The largest absolute Gasteiger partial charge is 0.383 e. The molecule has 21 heavy (non-hydrogen) atoms. The van der Waals surface area contributed by atoms with E-state index in [9.17, 15) is 0 Å². The van der Waals surface area contributed by atoms with E-state index in [4.69, 9.17) is 16.3 Å². The van der Waals surface area contributed by atoms with Gasteiger partial charge in [0.2, 0.25) is 0 Å². The number of hydrogen-bond acceptors (Lipinski definition) is 3. The molecule has 0 saturated carbocycles. The number of piperidine rings is 1. The first-order chi connectivity index (χ1) is 10.2. The molecule has 1 aromatic rings. The Labute approximate surface area is 133 Å². The first-order valence-corrected chi connectivity index (χ1v) is 8.35. The summed E-state index contributed by atoms with van der Waals surface area (Å²) in [4.78, 5) is 2.49. The second-order valence-corrected chi connectivity index (χ2v) is 6.22. The molecule has 4 heteroatoms. The molecular weight excluding hydrogens is 284 g/mol. The molecule has 1 saturated heterocycles. The smallest absolute Gasteiger partial charge is 0.0587 e. The lowest BCUT2D eigenvalue weighted by atomic mass is 9.94. The zero-order chi connectivity index (χ0) is 15.1. The van der Waals surface area contributed by atoms with Crippen molar-refractivity contribution in [3.8, 4) is 0 Å². The third kappa shape index (κ3) is 4.87. The topological polar surface area (TPSA) is 24.5 Å². The lowest BCUT2D eigenvalue weighted by Crippen LogP contribution is -2.34. The number of nitrogens with one attached hydrogen (secondary N) is 1. The number of anilines is 1. The summed E-state index contributed by atoms with van der Waals surface area (Å²) in [5, 5.41) is 4.25. The second kappa shape index (κ2) is 8.62. The van der Waals surface area contributed by atoms with Gasteiger partial charge in [-0.05, 0) is 36.5 Å². The summed E-state index contributed by atoms with van der Waals surface area (Å²) in [6.07, 6.45) is 3.88. The summed E-state index contributed by atoms with van der Waals surface area (Å²) < 4.78 is 5.08. The molecular formula is C17H27ClN2O. The van der Waals surface area contributed by atoms with Gasteiger partial charge in [0.1, 0.15) is 0 Å². The molecule has 0 unspecified atom stereocenters. The van der Waals surface area contributed by atoms with E-state index >= 15 is 0 Å². The zero-order valence-electron chi connectivity index (χ0n) is 13.2. The van der Waals surface area contributed by atoms with Crippen LogP contribution in [-0.4, -0.2) is 33.4 Å². The Bertz CT molecular complexity index is 431. The Morgan fingerprint density at radius 3 is 2.76 bits per heavy atom. The molecule has 0 amide bonds. The van der Waals surface area contributed by atoms with Gasteiger partial charge < -0.3 is 15.0 Å². The highest BCUT2D eigenvalue weighted by molar-refractivity contribution is 6.30. The molecule has 0 spiro atoms. The van der Waals surface area contributed by atoms with Crippen molar-refractivity contribution in [2.45, 2.75) is 32.7 Å². The Morgan fingerprint density at radius 1 is 1.33 bits per heavy atom. The van der Waals surface area contributed by atoms with Gasteiger partial charge in [-0.1, -0.05) is 31.0 Å². The van der Waals surface area contributed by atoms with Crippen LogP contribution in [-0.2, 0) is 11.3 Å². The molecule has 1 N–H and O–H groups in total. The third-order valence-electron chi connectivity index (χ3n) is 4.38. The van der Waals surface area contributed by atoms with E-state index in [2.05, 4.69) is 29.3 Å². The number of ether oxygens (including phenoxy) is 1. The van der Waals surface area contributed by atoms with E-state index in [1.165, 1.54) is 30.5 Å². The number of nitrogens with zero attached hydrogens (tertiary/aromatic N) is 1. The maximum absolute atomic E-state index is 6.21. The summed E-state index contributed by atoms with van der Waals surface area (Å²) in [5.41, 5.74) is 2.62. The van der Waals surface area contributed by atoms with Crippen LogP contribution >= 0.6 is 11.6 Å². The van der Waals surface area contributed by atoms with Crippen molar-refractivity contribution in [1.29, 1.82) is 0 Å². The summed E-state index contributed by atoms with van der Waals surface area (Å²) in [7, 11) is 1.73. The first-order valence-electron chi connectivity index (χ1n) is 7.97. The van der Waals surface area contributed by atoms with Gasteiger partial charge in [0, 0.05) is 44.0 Å². The van der Waals surface area contributed by atoms with Crippen LogP contribution < -0.4 is 10.2 Å². The number of rotatable bonds is 7. The predicted molar refractivity (Wildman–Crippen MR) is 90.3 cm³/mol. The molecule has 1 fully saturated rings. The van der Waals surface area contributed by atoms with E-state index in [1.807, 2.05) is 6.07 Å². The fraction of sp³-hybridized carbons (Fsp3) is 0.647. The highest BCUT2D eigenvalue weighted by Crippen LogP contribution is 2.29. The molecule has 0 aromatic heterocycles. The normalized spacial score (nSPS) is 16.4. The van der Waals surface area contributed by atoms with Gasteiger partial charge >= 0.3 is 0 Å². The van der Waals surface area contributed by atoms with Gasteiger partial charge in [-0.25, -0.2) is 0 Å². The summed E-state index contributed by atoms with van der Waals surface area (Å²) in [5.74, 6) is 0.892. The molecule has 1 aliphatic heterocycles. The Morgan fingerprint density at radius 2 is 2.10 bits per heavy atom. The monoisotopic (exact) mass is 310 g/mol. The van der Waals surface area contributed by atoms with Crippen LogP contribution in [0.1, 0.15) is 31.7 Å². The lowest BCUT2D eigenvalue weighted by molar-refractivity contribution is 0.199. The van der Waals surface area contributed by atoms with Crippen molar-refractivity contribution in [1.82, 2.24) is 5.32 Å². The summed E-state index contributed by atoms with van der Waals surface area (Å²) >= 11 is 6.21. The van der Waals surface area contributed by atoms with E-state index in [1.54, 1.807) is 7.11 Å². The molecule has 0 atom stereocenters. The zero-order valence-corrected chi connectivity index (χ0v) is 14.0. The molecule has 3 nitrogen and oxygen atoms in total. The number of hydrogen-bond donors (Lipinski definition) is 1. The minimum Gasteiger partial charge on any atom is -0.383 e. The maximum atomic E-state index is 6.21. The van der Waals surface area contributed by atoms with Gasteiger partial charge in [0.25, 0.3) is 0 Å². The van der Waals surface area contributed by atoms with Gasteiger partial charge in [0.05, 0.1) is 6.61 Å². The molecule has 118 valence electrons. The van der Waals surface area contributed by atoms with Gasteiger partial charge in [-0.2, -0.15) is 0 Å². The minimum atomic E-state index is 0.741. The van der Waals surface area contributed by atoms with Crippen molar-refractivity contribution in [3.05, 3.63) is 28.8 Å². The van der Waals surface area contributed by atoms with E-state index in [0.29, 0.717) is 0 Å². The highest BCUT2D eigenvalue weighted by Gasteiger charge is 2.20.